The predicted molar refractivity (Wildman–Crippen MR) is 119 cm³/mol. The Kier molecular flexibility index (Phi) is 5.11. The molecule has 3 aromatic rings. The Balaban J connectivity index is 1.23. The average molecular weight is 438 g/mol. The van der Waals surface area contributed by atoms with Crippen molar-refractivity contribution < 1.29 is 13.2 Å². The molecular weight excluding hydrogens is 414 g/mol. The van der Waals surface area contributed by atoms with E-state index in [0.29, 0.717) is 24.7 Å². The number of anilines is 3. The first kappa shape index (κ1) is 19.6. The summed E-state index contributed by atoms with van der Waals surface area (Å²) in [5.41, 5.74) is 2.46. The van der Waals surface area contributed by atoms with Crippen LogP contribution in [0, 0.1) is 0 Å². The summed E-state index contributed by atoms with van der Waals surface area (Å²) in [7, 11) is -3.72. The Bertz CT molecular complexity index is 1160. The minimum absolute atomic E-state index is 0.206. The summed E-state index contributed by atoms with van der Waals surface area (Å²) in [4.78, 5) is 13.4. The smallest absolute Gasteiger partial charge is 0.262 e. The van der Waals surface area contributed by atoms with Crippen LogP contribution in [0.3, 0.4) is 0 Å². The molecule has 2 aliphatic rings. The second-order valence-electron chi connectivity index (χ2n) is 7.55. The molecule has 1 aromatic heterocycles. The van der Waals surface area contributed by atoms with Crippen LogP contribution >= 0.6 is 0 Å². The largest absolute Gasteiger partial charge is 0.493 e. The molecule has 1 fully saturated rings. The lowest BCUT2D eigenvalue weighted by molar-refractivity contribution is 0.356. The molecule has 0 bridgehead atoms. The molecule has 0 unspecified atom stereocenters. The number of benzene rings is 2. The number of piperazine rings is 1. The maximum Gasteiger partial charge on any atom is 0.262 e. The second-order valence-corrected chi connectivity index (χ2v) is 9.24. The van der Waals surface area contributed by atoms with Crippen LogP contribution < -0.4 is 19.3 Å². The van der Waals surface area contributed by atoms with Gasteiger partial charge in [-0.15, -0.1) is 0 Å². The summed E-state index contributed by atoms with van der Waals surface area (Å²) in [5.74, 6) is 1.35. The lowest BCUT2D eigenvalue weighted by Gasteiger charge is -2.36. The topological polar surface area (TPSA) is 87.7 Å². The second kappa shape index (κ2) is 8.07. The Labute approximate surface area is 181 Å². The van der Waals surface area contributed by atoms with E-state index in [-0.39, 0.29) is 4.90 Å². The van der Waals surface area contributed by atoms with Crippen molar-refractivity contribution in [1.82, 2.24) is 9.97 Å². The highest BCUT2D eigenvalue weighted by atomic mass is 32.2. The molecule has 0 atom stereocenters. The molecule has 0 saturated carbocycles. The molecule has 3 heterocycles. The van der Waals surface area contributed by atoms with Gasteiger partial charge in [-0.3, -0.25) is 4.72 Å². The SMILES string of the molecule is O=S(=O)(Nc1cnc(N2CCN(c3ccccc3)CC2)nc1)c1ccc2c(c1)CCO2. The molecule has 9 heteroatoms. The lowest BCUT2D eigenvalue weighted by atomic mass is 10.2. The zero-order valence-corrected chi connectivity index (χ0v) is 17.8. The zero-order valence-electron chi connectivity index (χ0n) is 16.9. The van der Waals surface area contributed by atoms with Crippen molar-refractivity contribution in [3.05, 3.63) is 66.5 Å². The molecule has 2 aromatic carbocycles. The van der Waals surface area contributed by atoms with Gasteiger partial charge in [-0.2, -0.15) is 0 Å². The molecule has 0 radical (unpaired) electrons. The van der Waals surface area contributed by atoms with Crippen LogP contribution in [0.5, 0.6) is 5.75 Å². The number of aromatic nitrogens is 2. The third-order valence-corrected chi connectivity index (χ3v) is 6.92. The number of ether oxygens (including phenoxy) is 1. The van der Waals surface area contributed by atoms with Gasteiger partial charge in [0.1, 0.15) is 5.75 Å². The van der Waals surface area contributed by atoms with Crippen LogP contribution in [-0.2, 0) is 16.4 Å². The van der Waals surface area contributed by atoms with Gasteiger partial charge in [-0.25, -0.2) is 18.4 Å². The van der Waals surface area contributed by atoms with E-state index in [2.05, 4.69) is 36.6 Å². The van der Waals surface area contributed by atoms with Crippen molar-refractivity contribution in [3.63, 3.8) is 0 Å². The minimum Gasteiger partial charge on any atom is -0.493 e. The first-order valence-corrected chi connectivity index (χ1v) is 11.7. The van der Waals surface area contributed by atoms with E-state index in [9.17, 15) is 8.42 Å². The molecule has 8 nitrogen and oxygen atoms in total. The number of nitrogens with zero attached hydrogens (tertiary/aromatic N) is 4. The summed E-state index contributed by atoms with van der Waals surface area (Å²) >= 11 is 0. The number of hydrogen-bond acceptors (Lipinski definition) is 7. The standard InChI is InChI=1S/C22H23N5O3S/c28-31(29,20-6-7-21-17(14-20)8-13-30-21)25-18-15-23-22(24-16-18)27-11-9-26(10-12-27)19-4-2-1-3-5-19/h1-7,14-16,25H,8-13H2. The van der Waals surface area contributed by atoms with Crippen LogP contribution in [0.25, 0.3) is 0 Å². The van der Waals surface area contributed by atoms with Crippen molar-refractivity contribution in [2.75, 3.05) is 47.3 Å². The summed E-state index contributed by atoms with van der Waals surface area (Å²) in [6, 6.07) is 15.2. The number of rotatable bonds is 5. The van der Waals surface area contributed by atoms with Gasteiger partial charge < -0.3 is 14.5 Å². The number of fused-ring (bicyclic) bond motifs is 1. The van der Waals surface area contributed by atoms with E-state index >= 15 is 0 Å². The quantitative estimate of drug-likeness (QED) is 0.656. The zero-order chi connectivity index (χ0) is 21.3. The number of sulfonamides is 1. The molecule has 31 heavy (non-hydrogen) atoms. The molecule has 0 aliphatic carbocycles. The van der Waals surface area contributed by atoms with Gasteiger partial charge in [0.05, 0.1) is 29.6 Å². The first-order chi connectivity index (χ1) is 15.1. The number of para-hydroxylation sites is 1. The maximum absolute atomic E-state index is 12.7. The highest BCUT2D eigenvalue weighted by Gasteiger charge is 2.21. The minimum atomic E-state index is -3.72. The molecule has 0 spiro atoms. The van der Waals surface area contributed by atoms with Crippen LogP contribution in [0.1, 0.15) is 5.56 Å². The molecule has 5 rings (SSSR count). The highest BCUT2D eigenvalue weighted by Crippen LogP contribution is 2.28. The maximum atomic E-state index is 12.7. The van der Waals surface area contributed by atoms with Gasteiger partial charge in [-0.1, -0.05) is 18.2 Å². The molecular formula is C22H23N5O3S. The fraction of sp³-hybridized carbons (Fsp3) is 0.273. The van der Waals surface area contributed by atoms with Crippen LogP contribution in [0.4, 0.5) is 17.3 Å². The molecule has 2 aliphatic heterocycles. The summed E-state index contributed by atoms with van der Waals surface area (Å²) in [6.07, 6.45) is 3.74. The van der Waals surface area contributed by atoms with E-state index in [4.69, 9.17) is 4.74 Å². The van der Waals surface area contributed by atoms with E-state index in [1.807, 2.05) is 18.2 Å². The summed E-state index contributed by atoms with van der Waals surface area (Å²) in [6.45, 7) is 3.95. The third kappa shape index (κ3) is 4.13. The number of nitrogens with one attached hydrogen (secondary N) is 1. The fourth-order valence-corrected chi connectivity index (χ4v) is 4.96. The Morgan fingerprint density at radius 3 is 2.35 bits per heavy atom. The van der Waals surface area contributed by atoms with Crippen molar-refractivity contribution in [1.29, 1.82) is 0 Å². The van der Waals surface area contributed by atoms with Crippen LogP contribution in [0.15, 0.2) is 65.8 Å². The van der Waals surface area contributed by atoms with Gasteiger partial charge in [0, 0.05) is 38.3 Å². The van der Waals surface area contributed by atoms with E-state index in [1.54, 1.807) is 18.2 Å². The fourth-order valence-electron chi connectivity index (χ4n) is 3.88. The molecule has 160 valence electrons. The Hall–Kier alpha value is -3.33. The summed E-state index contributed by atoms with van der Waals surface area (Å²) < 4.78 is 33.5. The lowest BCUT2D eigenvalue weighted by Crippen LogP contribution is -2.47. The van der Waals surface area contributed by atoms with Crippen molar-refractivity contribution >= 4 is 27.3 Å². The predicted octanol–water partition coefficient (Wildman–Crippen LogP) is 2.54. The van der Waals surface area contributed by atoms with Crippen molar-refractivity contribution in [2.24, 2.45) is 0 Å². The average Bonchev–Trinajstić information content (AvgIpc) is 3.28. The molecule has 0 amide bonds. The van der Waals surface area contributed by atoms with Gasteiger partial charge in [0.25, 0.3) is 10.0 Å². The Morgan fingerprint density at radius 1 is 0.903 bits per heavy atom. The van der Waals surface area contributed by atoms with Gasteiger partial charge in [0.2, 0.25) is 5.95 Å². The first-order valence-electron chi connectivity index (χ1n) is 10.2. The Morgan fingerprint density at radius 2 is 1.61 bits per heavy atom. The van der Waals surface area contributed by atoms with E-state index in [0.717, 1.165) is 37.5 Å². The summed E-state index contributed by atoms with van der Waals surface area (Å²) in [5, 5.41) is 0. The van der Waals surface area contributed by atoms with E-state index < -0.39 is 10.0 Å². The van der Waals surface area contributed by atoms with Gasteiger partial charge >= 0.3 is 0 Å². The van der Waals surface area contributed by atoms with Crippen molar-refractivity contribution in [2.45, 2.75) is 11.3 Å². The van der Waals surface area contributed by atoms with Crippen LogP contribution in [0.2, 0.25) is 0 Å². The van der Waals surface area contributed by atoms with Crippen LogP contribution in [-0.4, -0.2) is 51.2 Å². The molecule has 1 saturated heterocycles. The normalized spacial score (nSPS) is 16.0. The number of hydrogen-bond donors (Lipinski definition) is 1. The van der Waals surface area contributed by atoms with E-state index in [1.165, 1.54) is 18.1 Å². The van der Waals surface area contributed by atoms with Gasteiger partial charge in [-0.05, 0) is 35.9 Å². The van der Waals surface area contributed by atoms with Crippen molar-refractivity contribution in [3.8, 4) is 5.75 Å². The molecule has 1 N–H and O–H groups in total. The monoisotopic (exact) mass is 437 g/mol. The third-order valence-electron chi connectivity index (χ3n) is 5.55. The van der Waals surface area contributed by atoms with Gasteiger partial charge in [0.15, 0.2) is 0 Å². The highest BCUT2D eigenvalue weighted by molar-refractivity contribution is 7.92.